The van der Waals surface area contributed by atoms with E-state index in [9.17, 15) is 0 Å². The molecule has 88 valence electrons. The molecule has 2 rings (SSSR count). The van der Waals surface area contributed by atoms with Crippen LogP contribution in [-0.2, 0) is 5.41 Å². The molecule has 1 saturated carbocycles. The van der Waals surface area contributed by atoms with Crippen LogP contribution in [0.4, 0.5) is 0 Å². The third kappa shape index (κ3) is 2.25. The lowest BCUT2D eigenvalue weighted by atomic mass is 9.92. The van der Waals surface area contributed by atoms with Crippen molar-refractivity contribution in [2.45, 2.75) is 45.4 Å². The van der Waals surface area contributed by atoms with Crippen molar-refractivity contribution in [3.8, 4) is 0 Å². The van der Waals surface area contributed by atoms with Gasteiger partial charge in [0.1, 0.15) is 11.0 Å². The van der Waals surface area contributed by atoms with E-state index in [1.165, 1.54) is 6.42 Å². The Morgan fingerprint density at radius 2 is 1.88 bits per heavy atom. The lowest BCUT2D eigenvalue weighted by Gasteiger charge is -2.20. The van der Waals surface area contributed by atoms with Crippen LogP contribution in [0, 0.1) is 5.92 Å². The summed E-state index contributed by atoms with van der Waals surface area (Å²) in [4.78, 5) is 9.04. The van der Waals surface area contributed by atoms with Crippen LogP contribution >= 0.6 is 27.5 Å². The summed E-state index contributed by atoms with van der Waals surface area (Å²) in [7, 11) is 0. The van der Waals surface area contributed by atoms with Crippen LogP contribution in [0.1, 0.15) is 51.6 Å². The average molecular weight is 304 g/mol. The Morgan fingerprint density at radius 3 is 2.31 bits per heavy atom. The fourth-order valence-electron chi connectivity index (χ4n) is 1.78. The molecule has 2 atom stereocenters. The summed E-state index contributed by atoms with van der Waals surface area (Å²) in [6.07, 6.45) is 1.18. The number of rotatable bonds is 1. The molecule has 0 radical (unpaired) electrons. The second kappa shape index (κ2) is 3.95. The molecule has 0 N–H and O–H groups in total. The maximum atomic E-state index is 6.15. The number of hydrogen-bond acceptors (Lipinski definition) is 2. The van der Waals surface area contributed by atoms with Gasteiger partial charge in [0.25, 0.3) is 0 Å². The average Bonchev–Trinajstić information content (AvgIpc) is 2.85. The SMILES string of the molecule is CC1CC1c1nc(Cl)c(Br)c(C(C)(C)C)n1. The minimum absolute atomic E-state index is 0.0156. The summed E-state index contributed by atoms with van der Waals surface area (Å²) in [5, 5.41) is 0.536. The maximum absolute atomic E-state index is 6.15. The minimum Gasteiger partial charge on any atom is -0.236 e. The highest BCUT2D eigenvalue weighted by Gasteiger charge is 2.38. The molecule has 1 fully saturated rings. The van der Waals surface area contributed by atoms with Gasteiger partial charge in [-0.25, -0.2) is 9.97 Å². The first-order valence-corrected chi connectivity index (χ1v) is 6.71. The van der Waals surface area contributed by atoms with Crippen molar-refractivity contribution < 1.29 is 0 Å². The van der Waals surface area contributed by atoms with E-state index in [1.54, 1.807) is 0 Å². The van der Waals surface area contributed by atoms with Gasteiger partial charge in [0.2, 0.25) is 0 Å². The van der Waals surface area contributed by atoms with E-state index < -0.39 is 0 Å². The molecule has 1 aromatic rings. The van der Waals surface area contributed by atoms with Gasteiger partial charge in [-0.3, -0.25) is 0 Å². The smallest absolute Gasteiger partial charge is 0.147 e. The normalized spacial score (nSPS) is 24.6. The monoisotopic (exact) mass is 302 g/mol. The van der Waals surface area contributed by atoms with E-state index in [-0.39, 0.29) is 5.41 Å². The van der Waals surface area contributed by atoms with Gasteiger partial charge in [0.05, 0.1) is 10.2 Å². The van der Waals surface area contributed by atoms with Crippen LogP contribution in [0.5, 0.6) is 0 Å². The van der Waals surface area contributed by atoms with Crippen LogP contribution < -0.4 is 0 Å². The first-order valence-electron chi connectivity index (χ1n) is 5.54. The van der Waals surface area contributed by atoms with Crippen LogP contribution in [0.3, 0.4) is 0 Å². The highest BCUT2D eigenvalue weighted by molar-refractivity contribution is 9.10. The minimum atomic E-state index is -0.0156. The Kier molecular flexibility index (Phi) is 3.04. The first-order chi connectivity index (χ1) is 7.30. The molecule has 1 aliphatic carbocycles. The predicted octanol–water partition coefficient (Wildman–Crippen LogP) is 4.31. The van der Waals surface area contributed by atoms with E-state index in [2.05, 4.69) is 53.6 Å². The van der Waals surface area contributed by atoms with E-state index in [0.717, 1.165) is 16.0 Å². The van der Waals surface area contributed by atoms with E-state index >= 15 is 0 Å². The molecule has 1 aromatic heterocycles. The zero-order valence-corrected chi connectivity index (χ0v) is 12.4. The third-order valence-corrected chi connectivity index (χ3v) is 4.23. The van der Waals surface area contributed by atoms with Gasteiger partial charge in [-0.05, 0) is 28.3 Å². The van der Waals surface area contributed by atoms with Gasteiger partial charge < -0.3 is 0 Å². The third-order valence-electron chi connectivity index (χ3n) is 2.98. The Labute approximate surface area is 110 Å². The maximum Gasteiger partial charge on any atom is 0.147 e. The van der Waals surface area contributed by atoms with Crippen LogP contribution in [-0.4, -0.2) is 9.97 Å². The molecule has 1 aliphatic rings. The summed E-state index contributed by atoms with van der Waals surface area (Å²) in [5.74, 6) is 2.11. The molecular formula is C12H16BrClN2. The summed E-state index contributed by atoms with van der Waals surface area (Å²) in [6.45, 7) is 8.63. The van der Waals surface area contributed by atoms with Crippen LogP contribution in [0.2, 0.25) is 5.15 Å². The Bertz CT molecular complexity index is 426. The van der Waals surface area contributed by atoms with E-state index in [4.69, 9.17) is 11.6 Å². The molecule has 0 aromatic carbocycles. The number of hydrogen-bond donors (Lipinski definition) is 0. The summed E-state index contributed by atoms with van der Waals surface area (Å²) in [6, 6.07) is 0. The topological polar surface area (TPSA) is 25.8 Å². The first kappa shape index (κ1) is 12.3. The van der Waals surface area contributed by atoms with E-state index in [0.29, 0.717) is 17.0 Å². The zero-order valence-electron chi connectivity index (χ0n) is 10.0. The molecule has 0 saturated heterocycles. The fraction of sp³-hybridized carbons (Fsp3) is 0.667. The van der Waals surface area contributed by atoms with Gasteiger partial charge in [-0.1, -0.05) is 39.3 Å². The quantitative estimate of drug-likeness (QED) is 0.722. The lowest BCUT2D eigenvalue weighted by molar-refractivity contribution is 0.557. The molecular weight excluding hydrogens is 288 g/mol. The Morgan fingerprint density at radius 1 is 1.31 bits per heavy atom. The Balaban J connectivity index is 2.48. The molecule has 16 heavy (non-hydrogen) atoms. The van der Waals surface area contributed by atoms with Gasteiger partial charge in [0.15, 0.2) is 0 Å². The van der Waals surface area contributed by atoms with Crippen LogP contribution in [0.25, 0.3) is 0 Å². The van der Waals surface area contributed by atoms with Crippen molar-refractivity contribution in [1.82, 2.24) is 9.97 Å². The summed E-state index contributed by atoms with van der Waals surface area (Å²) in [5.41, 5.74) is 0.986. The van der Waals surface area contributed by atoms with Gasteiger partial charge in [0, 0.05) is 11.3 Å². The lowest BCUT2D eigenvalue weighted by Crippen LogP contribution is -2.16. The molecule has 0 spiro atoms. The highest BCUT2D eigenvalue weighted by atomic mass is 79.9. The predicted molar refractivity (Wildman–Crippen MR) is 70.0 cm³/mol. The number of aromatic nitrogens is 2. The van der Waals surface area contributed by atoms with Crippen molar-refractivity contribution in [2.24, 2.45) is 5.92 Å². The van der Waals surface area contributed by atoms with Gasteiger partial charge >= 0.3 is 0 Å². The van der Waals surface area contributed by atoms with Crippen molar-refractivity contribution in [3.63, 3.8) is 0 Å². The van der Waals surface area contributed by atoms with Crippen LogP contribution in [0.15, 0.2) is 4.47 Å². The summed E-state index contributed by atoms with van der Waals surface area (Å²) >= 11 is 9.62. The number of nitrogens with zero attached hydrogens (tertiary/aromatic N) is 2. The molecule has 2 nitrogen and oxygen atoms in total. The van der Waals surface area contributed by atoms with Gasteiger partial charge in [-0.15, -0.1) is 0 Å². The second-order valence-corrected chi connectivity index (χ2v) is 6.76. The van der Waals surface area contributed by atoms with Crippen molar-refractivity contribution in [3.05, 3.63) is 21.1 Å². The highest BCUT2D eigenvalue weighted by Crippen LogP contribution is 2.46. The number of halogens is 2. The molecule has 2 unspecified atom stereocenters. The van der Waals surface area contributed by atoms with Gasteiger partial charge in [-0.2, -0.15) is 0 Å². The molecule has 0 amide bonds. The van der Waals surface area contributed by atoms with Crippen molar-refractivity contribution in [1.29, 1.82) is 0 Å². The Hall–Kier alpha value is -0.150. The zero-order chi connectivity index (χ0) is 12.1. The van der Waals surface area contributed by atoms with Crippen molar-refractivity contribution in [2.75, 3.05) is 0 Å². The molecule has 0 bridgehead atoms. The molecule has 1 heterocycles. The summed E-state index contributed by atoms with van der Waals surface area (Å²) < 4.78 is 0.832. The molecule has 4 heteroatoms. The second-order valence-electron chi connectivity index (χ2n) is 5.60. The largest absolute Gasteiger partial charge is 0.236 e. The van der Waals surface area contributed by atoms with E-state index in [1.807, 2.05) is 0 Å². The standard InChI is InChI=1S/C12H16BrClN2/c1-6-5-7(6)11-15-9(12(2,3)4)8(13)10(14)16-11/h6-7H,5H2,1-4H3. The fourth-order valence-corrected chi connectivity index (χ4v) is 2.73. The molecule has 0 aliphatic heterocycles. The van der Waals surface area contributed by atoms with Crippen molar-refractivity contribution >= 4 is 27.5 Å².